The molecule has 0 bridgehead atoms. The minimum Gasteiger partial charge on any atom is -0.315 e. The maximum Gasteiger partial charge on any atom is 0.270 e. The number of carbonyl (C=O) groups is 1. The minimum absolute atomic E-state index is 0.00362. The van der Waals surface area contributed by atoms with Crippen molar-refractivity contribution in [1.29, 1.82) is 0 Å². The Morgan fingerprint density at radius 1 is 1.33 bits per heavy atom. The van der Waals surface area contributed by atoms with Gasteiger partial charge in [-0.1, -0.05) is 6.92 Å². The second kappa shape index (κ2) is 5.78. The molecule has 1 heterocycles. The van der Waals surface area contributed by atoms with Gasteiger partial charge in [-0.3, -0.25) is 14.9 Å². The van der Waals surface area contributed by atoms with Gasteiger partial charge in [0.05, 0.1) is 17.0 Å². The first kappa shape index (κ1) is 15.4. The van der Waals surface area contributed by atoms with Gasteiger partial charge in [0.25, 0.3) is 21.6 Å². The van der Waals surface area contributed by atoms with Crippen molar-refractivity contribution in [3.8, 4) is 0 Å². The lowest BCUT2D eigenvalue weighted by Gasteiger charge is -2.15. The fourth-order valence-corrected chi connectivity index (χ4v) is 3.64. The molecule has 0 spiro atoms. The van der Waals surface area contributed by atoms with Crippen molar-refractivity contribution in [3.63, 3.8) is 0 Å². The summed E-state index contributed by atoms with van der Waals surface area (Å²) in [5, 5.41) is 13.7. The molecule has 0 atom stereocenters. The number of nitro groups is 1. The smallest absolute Gasteiger partial charge is 0.270 e. The number of nitrogens with one attached hydrogen (secondary N) is 1. The van der Waals surface area contributed by atoms with E-state index in [1.807, 2.05) is 6.92 Å². The average Bonchev–Trinajstić information content (AvgIpc) is 2.63. The number of nitrogens with zero attached hydrogens (tertiary/aromatic N) is 2. The van der Waals surface area contributed by atoms with Gasteiger partial charge in [0.1, 0.15) is 4.90 Å². The van der Waals surface area contributed by atoms with E-state index in [0.717, 1.165) is 35.5 Å². The standard InChI is InChI=1S/C12H15N3O5S/c1-2-5-13-6-7-14-12(16)10-8-9(15(17)18)3-4-11(10)21(14,19)20/h3-4,8,13H,2,5-7H2,1H3. The van der Waals surface area contributed by atoms with Crippen LogP contribution < -0.4 is 5.32 Å². The Labute approximate surface area is 122 Å². The monoisotopic (exact) mass is 313 g/mol. The summed E-state index contributed by atoms with van der Waals surface area (Å²) >= 11 is 0. The molecule has 8 nitrogen and oxygen atoms in total. The van der Waals surface area contributed by atoms with Crippen LogP contribution >= 0.6 is 0 Å². The van der Waals surface area contributed by atoms with Gasteiger partial charge >= 0.3 is 0 Å². The van der Waals surface area contributed by atoms with Gasteiger partial charge in [-0.05, 0) is 19.0 Å². The summed E-state index contributed by atoms with van der Waals surface area (Å²) in [6.07, 6.45) is 0.896. The number of hydrogen-bond donors (Lipinski definition) is 1. The molecule has 0 saturated heterocycles. The molecule has 114 valence electrons. The Balaban J connectivity index is 2.29. The summed E-state index contributed by atoms with van der Waals surface area (Å²) < 4.78 is 25.2. The maximum absolute atomic E-state index is 12.2. The summed E-state index contributed by atoms with van der Waals surface area (Å²) in [4.78, 5) is 22.0. The van der Waals surface area contributed by atoms with Crippen LogP contribution in [0.2, 0.25) is 0 Å². The Morgan fingerprint density at radius 3 is 2.67 bits per heavy atom. The molecule has 9 heteroatoms. The van der Waals surface area contributed by atoms with Crippen LogP contribution in [-0.4, -0.2) is 43.2 Å². The summed E-state index contributed by atoms with van der Waals surface area (Å²) in [5.41, 5.74) is -0.442. The summed E-state index contributed by atoms with van der Waals surface area (Å²) in [6.45, 7) is 3.04. The van der Waals surface area contributed by atoms with Crippen LogP contribution in [0, 0.1) is 10.1 Å². The molecular formula is C12H15N3O5S. The molecule has 0 radical (unpaired) electrons. The van der Waals surface area contributed by atoms with Crippen LogP contribution in [-0.2, 0) is 10.0 Å². The Kier molecular flexibility index (Phi) is 4.24. The zero-order chi connectivity index (χ0) is 15.6. The van der Waals surface area contributed by atoms with E-state index >= 15 is 0 Å². The molecule has 0 aromatic heterocycles. The number of carbonyl (C=O) groups excluding carboxylic acids is 1. The number of rotatable bonds is 6. The van der Waals surface area contributed by atoms with E-state index in [4.69, 9.17) is 0 Å². The molecule has 1 N–H and O–H groups in total. The van der Waals surface area contributed by atoms with Crippen LogP contribution in [0.5, 0.6) is 0 Å². The van der Waals surface area contributed by atoms with Gasteiger partial charge in [0.15, 0.2) is 0 Å². The van der Waals surface area contributed by atoms with Gasteiger partial charge < -0.3 is 5.32 Å². The molecule has 1 amide bonds. The molecule has 1 aliphatic rings. The quantitative estimate of drug-likeness (QED) is 0.471. The molecule has 0 fully saturated rings. The van der Waals surface area contributed by atoms with Crippen molar-refractivity contribution in [3.05, 3.63) is 33.9 Å². The molecule has 0 unspecified atom stereocenters. The molecule has 0 aliphatic carbocycles. The van der Waals surface area contributed by atoms with Crippen LogP contribution in [0.15, 0.2) is 23.1 Å². The Bertz CT molecular complexity index is 686. The van der Waals surface area contributed by atoms with E-state index in [9.17, 15) is 23.3 Å². The Morgan fingerprint density at radius 2 is 2.05 bits per heavy atom. The summed E-state index contributed by atoms with van der Waals surface area (Å²) in [6, 6.07) is 3.21. The number of benzene rings is 1. The summed E-state index contributed by atoms with van der Waals surface area (Å²) in [5.74, 6) is -0.716. The van der Waals surface area contributed by atoms with Crippen LogP contribution in [0.3, 0.4) is 0 Å². The predicted octanol–water partition coefficient (Wildman–Crippen LogP) is 0.739. The van der Waals surface area contributed by atoms with Gasteiger partial charge in [0, 0.05) is 18.7 Å². The fraction of sp³-hybridized carbons (Fsp3) is 0.417. The topological polar surface area (TPSA) is 110 Å². The van der Waals surface area contributed by atoms with Crippen molar-refractivity contribution in [2.45, 2.75) is 18.2 Å². The maximum atomic E-state index is 12.2. The second-order valence-electron chi connectivity index (χ2n) is 4.57. The third kappa shape index (κ3) is 2.74. The largest absolute Gasteiger partial charge is 0.315 e. The van der Waals surface area contributed by atoms with E-state index in [-0.39, 0.29) is 22.7 Å². The Hall–Kier alpha value is -2.00. The fourth-order valence-electron chi connectivity index (χ4n) is 2.09. The number of nitro benzene ring substituents is 1. The number of non-ortho nitro benzene ring substituents is 1. The highest BCUT2D eigenvalue weighted by atomic mass is 32.2. The van der Waals surface area contributed by atoms with E-state index in [0.29, 0.717) is 6.54 Å². The van der Waals surface area contributed by atoms with Crippen LogP contribution in [0.25, 0.3) is 0 Å². The number of amides is 1. The van der Waals surface area contributed by atoms with Crippen LogP contribution in [0.1, 0.15) is 23.7 Å². The third-order valence-corrected chi connectivity index (χ3v) is 4.96. The molecule has 1 aliphatic heterocycles. The number of hydrogen-bond acceptors (Lipinski definition) is 6. The van der Waals surface area contributed by atoms with Crippen molar-refractivity contribution < 1.29 is 18.1 Å². The van der Waals surface area contributed by atoms with Crippen molar-refractivity contribution in [2.75, 3.05) is 19.6 Å². The molecule has 1 aromatic carbocycles. The van der Waals surface area contributed by atoms with Gasteiger partial charge in [-0.25, -0.2) is 12.7 Å². The SMILES string of the molecule is CCCNCCN1C(=O)c2cc([N+](=O)[O-])ccc2S1(=O)=O. The molecule has 21 heavy (non-hydrogen) atoms. The predicted molar refractivity (Wildman–Crippen MR) is 74.5 cm³/mol. The normalized spacial score (nSPS) is 16.0. The molecular weight excluding hydrogens is 298 g/mol. The lowest BCUT2D eigenvalue weighted by molar-refractivity contribution is -0.384. The van der Waals surface area contributed by atoms with Crippen molar-refractivity contribution in [2.24, 2.45) is 0 Å². The lowest BCUT2D eigenvalue weighted by Crippen LogP contribution is -2.36. The van der Waals surface area contributed by atoms with E-state index in [1.165, 1.54) is 0 Å². The average molecular weight is 313 g/mol. The highest BCUT2D eigenvalue weighted by molar-refractivity contribution is 7.90. The first-order valence-electron chi connectivity index (χ1n) is 6.45. The van der Waals surface area contributed by atoms with E-state index < -0.39 is 20.9 Å². The van der Waals surface area contributed by atoms with Crippen molar-refractivity contribution >= 4 is 21.6 Å². The van der Waals surface area contributed by atoms with E-state index in [2.05, 4.69) is 5.32 Å². The lowest BCUT2D eigenvalue weighted by atomic mass is 10.2. The van der Waals surface area contributed by atoms with Crippen LogP contribution in [0.4, 0.5) is 5.69 Å². The van der Waals surface area contributed by atoms with Gasteiger partial charge in [-0.2, -0.15) is 0 Å². The number of fused-ring (bicyclic) bond motifs is 1. The zero-order valence-corrected chi connectivity index (χ0v) is 12.2. The molecule has 0 saturated carbocycles. The molecule has 2 rings (SSSR count). The second-order valence-corrected chi connectivity index (χ2v) is 6.40. The summed E-state index contributed by atoms with van der Waals surface area (Å²) in [7, 11) is -3.90. The first-order chi connectivity index (χ1) is 9.89. The minimum atomic E-state index is -3.90. The van der Waals surface area contributed by atoms with Gasteiger partial charge in [0.2, 0.25) is 0 Å². The van der Waals surface area contributed by atoms with E-state index in [1.54, 1.807) is 0 Å². The first-order valence-corrected chi connectivity index (χ1v) is 7.90. The third-order valence-electron chi connectivity index (χ3n) is 3.12. The molecule has 1 aromatic rings. The highest BCUT2D eigenvalue weighted by Crippen LogP contribution is 2.32. The zero-order valence-electron chi connectivity index (χ0n) is 11.4. The van der Waals surface area contributed by atoms with Crippen molar-refractivity contribution in [1.82, 2.24) is 9.62 Å². The number of sulfonamides is 1. The highest BCUT2D eigenvalue weighted by Gasteiger charge is 2.41. The van der Waals surface area contributed by atoms with Gasteiger partial charge in [-0.15, -0.1) is 0 Å².